The standard InChI is InChI=1S/C15H19NO3/c1-18-14(17)12-4-2-11(3-5-12)13-8-15(6-7-16-13)9-19-10-15/h2-5,13,16H,6-10H2,1H3/t13-/m1/s1. The van der Waals surface area contributed by atoms with Crippen LogP contribution in [0.25, 0.3) is 0 Å². The van der Waals surface area contributed by atoms with Crippen LogP contribution in [0.5, 0.6) is 0 Å². The average molecular weight is 261 g/mol. The highest BCUT2D eigenvalue weighted by molar-refractivity contribution is 5.89. The van der Waals surface area contributed by atoms with Gasteiger partial charge < -0.3 is 14.8 Å². The van der Waals surface area contributed by atoms with E-state index in [0.29, 0.717) is 17.0 Å². The Morgan fingerprint density at radius 1 is 1.37 bits per heavy atom. The molecule has 1 aromatic carbocycles. The predicted molar refractivity (Wildman–Crippen MR) is 71.0 cm³/mol. The van der Waals surface area contributed by atoms with Crippen LogP contribution in [0.3, 0.4) is 0 Å². The van der Waals surface area contributed by atoms with Crippen molar-refractivity contribution in [2.45, 2.75) is 18.9 Å². The van der Waals surface area contributed by atoms with Crippen molar-refractivity contribution in [1.82, 2.24) is 5.32 Å². The molecule has 4 heteroatoms. The lowest BCUT2D eigenvalue weighted by atomic mass is 9.73. The minimum atomic E-state index is -0.285. The van der Waals surface area contributed by atoms with Crippen LogP contribution in [0.2, 0.25) is 0 Å². The molecule has 2 fully saturated rings. The van der Waals surface area contributed by atoms with Gasteiger partial charge in [-0.05, 0) is 37.1 Å². The van der Waals surface area contributed by atoms with Gasteiger partial charge in [0.1, 0.15) is 0 Å². The third-order valence-electron chi connectivity index (χ3n) is 4.23. The zero-order chi connectivity index (χ0) is 13.3. The first kappa shape index (κ1) is 12.6. The fourth-order valence-electron chi connectivity index (χ4n) is 2.98. The van der Waals surface area contributed by atoms with Crippen molar-refractivity contribution in [3.05, 3.63) is 35.4 Å². The second-order valence-corrected chi connectivity index (χ2v) is 5.57. The average Bonchev–Trinajstić information content (AvgIpc) is 2.45. The van der Waals surface area contributed by atoms with Gasteiger partial charge in [-0.3, -0.25) is 0 Å². The van der Waals surface area contributed by atoms with E-state index in [1.807, 2.05) is 24.3 Å². The Labute approximate surface area is 113 Å². The lowest BCUT2D eigenvalue weighted by Gasteiger charge is -2.47. The van der Waals surface area contributed by atoms with Gasteiger partial charge in [-0.15, -0.1) is 0 Å². The van der Waals surface area contributed by atoms with E-state index in [-0.39, 0.29) is 5.97 Å². The normalized spacial score (nSPS) is 24.8. The Morgan fingerprint density at radius 2 is 2.11 bits per heavy atom. The van der Waals surface area contributed by atoms with Gasteiger partial charge in [0.15, 0.2) is 0 Å². The monoisotopic (exact) mass is 261 g/mol. The second kappa shape index (κ2) is 4.94. The molecule has 1 N–H and O–H groups in total. The summed E-state index contributed by atoms with van der Waals surface area (Å²) in [5.74, 6) is -0.285. The molecular weight excluding hydrogens is 242 g/mol. The van der Waals surface area contributed by atoms with Crippen LogP contribution in [0.4, 0.5) is 0 Å². The topological polar surface area (TPSA) is 47.6 Å². The number of benzene rings is 1. The number of methoxy groups -OCH3 is 1. The fraction of sp³-hybridized carbons (Fsp3) is 0.533. The Bertz CT molecular complexity index is 465. The summed E-state index contributed by atoms with van der Waals surface area (Å²) >= 11 is 0. The summed E-state index contributed by atoms with van der Waals surface area (Å²) in [6.45, 7) is 2.82. The number of piperidine rings is 1. The third-order valence-corrected chi connectivity index (χ3v) is 4.23. The van der Waals surface area contributed by atoms with Gasteiger partial charge in [0, 0.05) is 11.5 Å². The van der Waals surface area contributed by atoms with Crippen LogP contribution in [0.15, 0.2) is 24.3 Å². The number of carbonyl (C=O) groups excluding carboxylic acids is 1. The number of rotatable bonds is 2. The molecule has 2 saturated heterocycles. The summed E-state index contributed by atoms with van der Waals surface area (Å²) in [7, 11) is 1.40. The van der Waals surface area contributed by atoms with E-state index in [9.17, 15) is 4.79 Å². The highest BCUT2D eigenvalue weighted by atomic mass is 16.5. The third kappa shape index (κ3) is 2.38. The van der Waals surface area contributed by atoms with Crippen molar-refractivity contribution in [2.24, 2.45) is 5.41 Å². The summed E-state index contributed by atoms with van der Waals surface area (Å²) in [6, 6.07) is 8.07. The van der Waals surface area contributed by atoms with Crippen LogP contribution in [0.1, 0.15) is 34.8 Å². The van der Waals surface area contributed by atoms with E-state index in [0.717, 1.165) is 26.2 Å². The first-order chi connectivity index (χ1) is 9.22. The molecule has 1 aromatic rings. The van der Waals surface area contributed by atoms with Crippen LogP contribution >= 0.6 is 0 Å². The molecule has 0 unspecified atom stereocenters. The number of hydrogen-bond acceptors (Lipinski definition) is 4. The van der Waals surface area contributed by atoms with Gasteiger partial charge in [0.25, 0.3) is 0 Å². The molecule has 4 nitrogen and oxygen atoms in total. The van der Waals surface area contributed by atoms with Crippen LogP contribution in [-0.2, 0) is 9.47 Å². The number of hydrogen-bond donors (Lipinski definition) is 1. The lowest BCUT2D eigenvalue weighted by Crippen LogP contribution is -2.50. The SMILES string of the molecule is COC(=O)c1ccc([C@H]2CC3(CCN2)COC3)cc1. The van der Waals surface area contributed by atoms with Gasteiger partial charge in [-0.1, -0.05) is 12.1 Å². The summed E-state index contributed by atoms with van der Waals surface area (Å²) in [4.78, 5) is 11.4. The Balaban J connectivity index is 1.73. The molecule has 2 aliphatic rings. The van der Waals surface area contributed by atoms with E-state index >= 15 is 0 Å². The van der Waals surface area contributed by atoms with E-state index < -0.39 is 0 Å². The van der Waals surface area contributed by atoms with E-state index in [4.69, 9.17) is 9.47 Å². The van der Waals surface area contributed by atoms with E-state index in [1.165, 1.54) is 19.1 Å². The van der Waals surface area contributed by atoms with Crippen molar-refractivity contribution in [2.75, 3.05) is 26.9 Å². The van der Waals surface area contributed by atoms with Crippen LogP contribution in [0, 0.1) is 5.41 Å². The van der Waals surface area contributed by atoms with Crippen molar-refractivity contribution in [3.8, 4) is 0 Å². The molecule has 0 saturated carbocycles. The zero-order valence-corrected chi connectivity index (χ0v) is 11.1. The summed E-state index contributed by atoms with van der Waals surface area (Å²) in [5.41, 5.74) is 2.22. The Hall–Kier alpha value is -1.39. The zero-order valence-electron chi connectivity index (χ0n) is 11.1. The molecule has 0 bridgehead atoms. The molecule has 1 atom stereocenters. The van der Waals surface area contributed by atoms with Gasteiger partial charge >= 0.3 is 5.97 Å². The smallest absolute Gasteiger partial charge is 0.337 e. The second-order valence-electron chi connectivity index (χ2n) is 5.57. The number of nitrogens with one attached hydrogen (secondary N) is 1. The van der Waals surface area contributed by atoms with E-state index in [1.54, 1.807) is 0 Å². The quantitative estimate of drug-likeness (QED) is 0.826. The fourth-order valence-corrected chi connectivity index (χ4v) is 2.98. The molecule has 1 spiro atoms. The molecule has 0 radical (unpaired) electrons. The first-order valence-corrected chi connectivity index (χ1v) is 6.72. The summed E-state index contributed by atoms with van der Waals surface area (Å²) in [5, 5.41) is 3.55. The molecule has 0 aliphatic carbocycles. The highest BCUT2D eigenvalue weighted by Gasteiger charge is 2.42. The molecule has 0 amide bonds. The molecule has 102 valence electrons. The Kier molecular flexibility index (Phi) is 3.29. The lowest BCUT2D eigenvalue weighted by molar-refractivity contribution is -0.134. The minimum absolute atomic E-state index is 0.285. The Morgan fingerprint density at radius 3 is 2.68 bits per heavy atom. The maximum Gasteiger partial charge on any atom is 0.337 e. The minimum Gasteiger partial charge on any atom is -0.465 e. The molecule has 2 aliphatic heterocycles. The highest BCUT2D eigenvalue weighted by Crippen LogP contribution is 2.42. The van der Waals surface area contributed by atoms with Gasteiger partial charge in [0.05, 0.1) is 25.9 Å². The molecule has 19 heavy (non-hydrogen) atoms. The largest absolute Gasteiger partial charge is 0.465 e. The first-order valence-electron chi connectivity index (χ1n) is 6.72. The number of carbonyl (C=O) groups is 1. The van der Waals surface area contributed by atoms with Gasteiger partial charge in [-0.2, -0.15) is 0 Å². The summed E-state index contributed by atoms with van der Waals surface area (Å²) in [6.07, 6.45) is 2.31. The number of ether oxygens (including phenoxy) is 2. The number of esters is 1. The maximum atomic E-state index is 11.4. The van der Waals surface area contributed by atoms with Crippen LogP contribution in [-0.4, -0.2) is 32.8 Å². The molecular formula is C15H19NO3. The van der Waals surface area contributed by atoms with Crippen molar-refractivity contribution >= 4 is 5.97 Å². The molecule has 2 heterocycles. The van der Waals surface area contributed by atoms with Gasteiger partial charge in [0.2, 0.25) is 0 Å². The molecule has 0 aromatic heterocycles. The van der Waals surface area contributed by atoms with Crippen molar-refractivity contribution < 1.29 is 14.3 Å². The van der Waals surface area contributed by atoms with Crippen molar-refractivity contribution in [1.29, 1.82) is 0 Å². The van der Waals surface area contributed by atoms with Crippen LogP contribution < -0.4 is 5.32 Å². The maximum absolute atomic E-state index is 11.4. The predicted octanol–water partition coefficient (Wildman–Crippen LogP) is 1.91. The summed E-state index contributed by atoms with van der Waals surface area (Å²) < 4.78 is 10.1. The van der Waals surface area contributed by atoms with Crippen molar-refractivity contribution in [3.63, 3.8) is 0 Å². The molecule has 3 rings (SSSR count). The van der Waals surface area contributed by atoms with Gasteiger partial charge in [-0.25, -0.2) is 4.79 Å². The van der Waals surface area contributed by atoms with E-state index in [2.05, 4.69) is 5.32 Å².